The molecule has 176 valence electrons. The summed E-state index contributed by atoms with van der Waals surface area (Å²) in [4.78, 5) is 25.9. The summed E-state index contributed by atoms with van der Waals surface area (Å²) in [6, 6.07) is 19.1. The van der Waals surface area contributed by atoms with Gasteiger partial charge in [-0.05, 0) is 42.5 Å². The van der Waals surface area contributed by atoms with Crippen LogP contribution in [0.25, 0.3) is 23.0 Å². The number of nitrogens with zero attached hydrogens (tertiary/aromatic N) is 5. The van der Waals surface area contributed by atoms with Crippen molar-refractivity contribution in [3.8, 4) is 29.1 Å². The SMILES string of the molecule is N#CCCN(CCC#N)C(=O)COC(=O)/C=C/c1cn(-c2ccccc2)nc1-c1ccc(F)cc1. The molecule has 0 saturated carbocycles. The fraction of sp³-hybridized carbons (Fsp3) is 0.192. The van der Waals surface area contributed by atoms with Gasteiger partial charge in [0.15, 0.2) is 6.61 Å². The van der Waals surface area contributed by atoms with Gasteiger partial charge >= 0.3 is 5.97 Å². The molecule has 0 aliphatic carbocycles. The van der Waals surface area contributed by atoms with Crippen LogP contribution in [0.4, 0.5) is 4.39 Å². The van der Waals surface area contributed by atoms with Crippen LogP contribution in [0.3, 0.4) is 0 Å². The summed E-state index contributed by atoms with van der Waals surface area (Å²) >= 11 is 0. The average Bonchev–Trinajstić information content (AvgIpc) is 3.31. The smallest absolute Gasteiger partial charge is 0.331 e. The van der Waals surface area contributed by atoms with Crippen LogP contribution in [-0.2, 0) is 14.3 Å². The summed E-state index contributed by atoms with van der Waals surface area (Å²) < 4.78 is 20.1. The Morgan fingerprint density at radius 3 is 2.31 bits per heavy atom. The number of hydrogen-bond donors (Lipinski definition) is 0. The fourth-order valence-electron chi connectivity index (χ4n) is 3.22. The van der Waals surface area contributed by atoms with E-state index in [2.05, 4.69) is 5.10 Å². The first-order valence-corrected chi connectivity index (χ1v) is 10.8. The number of esters is 1. The zero-order chi connectivity index (χ0) is 25.0. The summed E-state index contributed by atoms with van der Waals surface area (Å²) in [7, 11) is 0. The predicted octanol–water partition coefficient (Wildman–Crippen LogP) is 3.89. The van der Waals surface area contributed by atoms with E-state index in [0.717, 1.165) is 5.69 Å². The van der Waals surface area contributed by atoms with Crippen LogP contribution in [0.15, 0.2) is 66.9 Å². The Balaban J connectivity index is 1.74. The maximum absolute atomic E-state index is 13.4. The molecule has 0 aliphatic rings. The molecule has 0 radical (unpaired) electrons. The largest absolute Gasteiger partial charge is 0.452 e. The van der Waals surface area contributed by atoms with Gasteiger partial charge in [0.05, 0.1) is 36.4 Å². The number of carbonyl (C=O) groups excluding carboxylic acids is 2. The van der Waals surface area contributed by atoms with Crippen LogP contribution < -0.4 is 0 Å². The van der Waals surface area contributed by atoms with E-state index in [0.29, 0.717) is 16.8 Å². The van der Waals surface area contributed by atoms with Gasteiger partial charge < -0.3 is 9.64 Å². The normalized spacial score (nSPS) is 10.5. The molecular formula is C26H22FN5O3. The first kappa shape index (κ1) is 24.9. The van der Waals surface area contributed by atoms with Crippen molar-refractivity contribution in [2.45, 2.75) is 12.8 Å². The van der Waals surface area contributed by atoms with Gasteiger partial charge in [0, 0.05) is 36.5 Å². The number of para-hydroxylation sites is 1. The van der Waals surface area contributed by atoms with Gasteiger partial charge in [-0.3, -0.25) is 4.79 Å². The first-order chi connectivity index (χ1) is 17.0. The highest BCUT2D eigenvalue weighted by Crippen LogP contribution is 2.25. The minimum atomic E-state index is -0.739. The van der Waals surface area contributed by atoms with Crippen LogP contribution in [0.2, 0.25) is 0 Å². The van der Waals surface area contributed by atoms with Crippen molar-refractivity contribution in [1.29, 1.82) is 10.5 Å². The third-order valence-electron chi connectivity index (χ3n) is 4.96. The predicted molar refractivity (Wildman–Crippen MR) is 126 cm³/mol. The van der Waals surface area contributed by atoms with Gasteiger partial charge in [-0.2, -0.15) is 15.6 Å². The summed E-state index contributed by atoms with van der Waals surface area (Å²) in [5.74, 6) is -1.60. The minimum Gasteiger partial charge on any atom is -0.452 e. The molecule has 0 spiro atoms. The van der Waals surface area contributed by atoms with Gasteiger partial charge in [-0.15, -0.1) is 0 Å². The maximum Gasteiger partial charge on any atom is 0.331 e. The van der Waals surface area contributed by atoms with E-state index in [4.69, 9.17) is 15.3 Å². The minimum absolute atomic E-state index is 0.114. The van der Waals surface area contributed by atoms with Crippen LogP contribution in [0, 0.1) is 28.5 Å². The van der Waals surface area contributed by atoms with Crippen LogP contribution >= 0.6 is 0 Å². The summed E-state index contributed by atoms with van der Waals surface area (Å²) in [6.07, 6.45) is 4.66. The summed E-state index contributed by atoms with van der Waals surface area (Å²) in [5.41, 5.74) is 2.59. The highest BCUT2D eigenvalue weighted by Gasteiger charge is 2.15. The van der Waals surface area contributed by atoms with E-state index in [-0.39, 0.29) is 31.7 Å². The topological polar surface area (TPSA) is 112 Å². The monoisotopic (exact) mass is 471 g/mol. The van der Waals surface area contributed by atoms with E-state index < -0.39 is 18.5 Å². The molecule has 0 aliphatic heterocycles. The Hall–Kier alpha value is -4.76. The highest BCUT2D eigenvalue weighted by atomic mass is 19.1. The third-order valence-corrected chi connectivity index (χ3v) is 4.96. The van der Waals surface area contributed by atoms with Crippen LogP contribution in [-0.4, -0.2) is 46.3 Å². The van der Waals surface area contributed by atoms with Gasteiger partial charge in [-0.1, -0.05) is 18.2 Å². The number of nitriles is 2. The number of ether oxygens (including phenoxy) is 1. The second-order valence-electron chi connectivity index (χ2n) is 7.36. The average molecular weight is 471 g/mol. The lowest BCUT2D eigenvalue weighted by Gasteiger charge is -2.19. The zero-order valence-corrected chi connectivity index (χ0v) is 18.8. The molecule has 3 rings (SSSR count). The number of carbonyl (C=O) groups is 2. The lowest BCUT2D eigenvalue weighted by molar-refractivity contribution is -0.148. The quantitative estimate of drug-likeness (QED) is 0.328. The van der Waals surface area contributed by atoms with E-state index in [1.165, 1.54) is 29.2 Å². The van der Waals surface area contributed by atoms with Crippen LogP contribution in [0.5, 0.6) is 0 Å². The third kappa shape index (κ3) is 7.11. The van der Waals surface area contributed by atoms with Crippen molar-refractivity contribution >= 4 is 18.0 Å². The number of hydrogen-bond acceptors (Lipinski definition) is 6. The van der Waals surface area contributed by atoms with Crippen molar-refractivity contribution in [1.82, 2.24) is 14.7 Å². The number of halogens is 1. The Kier molecular flexibility index (Phi) is 8.86. The number of aromatic nitrogens is 2. The molecular weight excluding hydrogens is 449 g/mol. The van der Waals surface area contributed by atoms with Crippen LogP contribution in [0.1, 0.15) is 18.4 Å². The molecule has 0 N–H and O–H groups in total. The molecule has 0 unspecified atom stereocenters. The molecule has 1 aromatic heterocycles. The zero-order valence-electron chi connectivity index (χ0n) is 18.8. The van der Waals surface area contributed by atoms with Gasteiger partial charge in [0.25, 0.3) is 5.91 Å². The van der Waals surface area contributed by atoms with E-state index in [1.54, 1.807) is 23.0 Å². The molecule has 0 saturated heterocycles. The highest BCUT2D eigenvalue weighted by molar-refractivity contribution is 5.90. The van der Waals surface area contributed by atoms with E-state index >= 15 is 0 Å². The second kappa shape index (κ2) is 12.5. The number of benzene rings is 2. The Labute approximate surface area is 202 Å². The van der Waals surface area contributed by atoms with E-state index in [9.17, 15) is 14.0 Å². The molecule has 1 heterocycles. The van der Waals surface area contributed by atoms with Crippen molar-refractivity contribution in [3.05, 3.63) is 78.3 Å². The molecule has 2 aromatic carbocycles. The molecule has 8 nitrogen and oxygen atoms in total. The van der Waals surface area contributed by atoms with Crippen molar-refractivity contribution < 1.29 is 18.7 Å². The molecule has 1 amide bonds. The summed E-state index contributed by atoms with van der Waals surface area (Å²) in [6.45, 7) is -0.192. The van der Waals surface area contributed by atoms with Gasteiger partial charge in [-0.25, -0.2) is 13.9 Å². The van der Waals surface area contributed by atoms with E-state index in [1.807, 2.05) is 42.5 Å². The first-order valence-electron chi connectivity index (χ1n) is 10.8. The summed E-state index contributed by atoms with van der Waals surface area (Å²) in [5, 5.41) is 22.1. The molecule has 35 heavy (non-hydrogen) atoms. The number of amides is 1. The standard InChI is InChI=1S/C26H22FN5O3/c27-22-11-8-20(9-12-22)26-21(18-32(30-26)23-6-2-1-3-7-23)10-13-25(34)35-19-24(33)31(16-4-14-28)17-5-15-29/h1-3,6-13,18H,4-5,16-17,19H2/b13-10+. The van der Waals surface area contributed by atoms with Crippen molar-refractivity contribution in [2.75, 3.05) is 19.7 Å². The van der Waals surface area contributed by atoms with Crippen molar-refractivity contribution in [2.24, 2.45) is 0 Å². The second-order valence-corrected chi connectivity index (χ2v) is 7.36. The van der Waals surface area contributed by atoms with Crippen molar-refractivity contribution in [3.63, 3.8) is 0 Å². The molecule has 0 bridgehead atoms. The lowest BCUT2D eigenvalue weighted by atomic mass is 10.1. The lowest BCUT2D eigenvalue weighted by Crippen LogP contribution is -2.36. The maximum atomic E-state index is 13.4. The Morgan fingerprint density at radius 1 is 1.03 bits per heavy atom. The Morgan fingerprint density at radius 2 is 1.69 bits per heavy atom. The number of rotatable bonds is 10. The molecule has 9 heteroatoms. The molecule has 0 fully saturated rings. The Bertz CT molecular complexity index is 1250. The fourth-order valence-corrected chi connectivity index (χ4v) is 3.22. The van der Waals surface area contributed by atoms with Gasteiger partial charge in [0.2, 0.25) is 0 Å². The molecule has 3 aromatic rings. The molecule has 0 atom stereocenters. The van der Waals surface area contributed by atoms with Gasteiger partial charge in [0.1, 0.15) is 5.82 Å².